The molecule has 0 radical (unpaired) electrons. The molecule has 1 aromatic carbocycles. The molecule has 0 saturated heterocycles. The third-order valence-electron chi connectivity index (χ3n) is 6.87. The summed E-state index contributed by atoms with van der Waals surface area (Å²) in [6.45, 7) is 2.11. The van der Waals surface area contributed by atoms with Gasteiger partial charge in [-0.25, -0.2) is 24.4 Å². The predicted molar refractivity (Wildman–Crippen MR) is 148 cm³/mol. The van der Waals surface area contributed by atoms with E-state index >= 15 is 0 Å². The summed E-state index contributed by atoms with van der Waals surface area (Å²) in [5, 5.41) is 16.5. The van der Waals surface area contributed by atoms with Crippen LogP contribution in [0.15, 0.2) is 55.0 Å². The monoisotopic (exact) mass is 510 g/mol. The molecule has 4 heterocycles. The van der Waals surface area contributed by atoms with Crippen LogP contribution in [0.2, 0.25) is 0 Å². The molecule has 0 atom stereocenters. The van der Waals surface area contributed by atoms with Gasteiger partial charge in [-0.05, 0) is 49.6 Å². The van der Waals surface area contributed by atoms with Gasteiger partial charge < -0.3 is 16.2 Å². The number of fused-ring (bicyclic) bond motifs is 2. The van der Waals surface area contributed by atoms with Gasteiger partial charge in [-0.15, -0.1) is 0 Å². The van der Waals surface area contributed by atoms with Crippen LogP contribution in [0.4, 0.5) is 10.6 Å². The van der Waals surface area contributed by atoms with E-state index in [0.717, 1.165) is 63.0 Å². The van der Waals surface area contributed by atoms with Crippen LogP contribution in [0.1, 0.15) is 43.7 Å². The lowest BCUT2D eigenvalue weighted by Crippen LogP contribution is -2.14. The average molecular weight is 511 g/mol. The van der Waals surface area contributed by atoms with Crippen LogP contribution in [0.25, 0.3) is 44.6 Å². The maximum atomic E-state index is 9.26. The summed E-state index contributed by atoms with van der Waals surface area (Å²) in [5.41, 5.74) is 12.7. The van der Waals surface area contributed by atoms with Crippen LogP contribution in [-0.4, -0.2) is 48.0 Å². The van der Waals surface area contributed by atoms with Crippen LogP contribution < -0.4 is 11.1 Å². The summed E-state index contributed by atoms with van der Waals surface area (Å²) in [6, 6.07) is 14.6. The predicted octanol–water partition coefficient (Wildman–Crippen LogP) is 5.38. The second kappa shape index (κ2) is 10.8. The van der Waals surface area contributed by atoms with Crippen molar-refractivity contribution < 1.29 is 9.90 Å². The van der Waals surface area contributed by atoms with Gasteiger partial charge in [-0.2, -0.15) is 5.10 Å². The van der Waals surface area contributed by atoms with E-state index in [1.54, 1.807) is 6.20 Å². The van der Waals surface area contributed by atoms with Crippen molar-refractivity contribution in [3.05, 3.63) is 60.6 Å². The fourth-order valence-electron chi connectivity index (χ4n) is 4.97. The second-order valence-electron chi connectivity index (χ2n) is 9.37. The van der Waals surface area contributed by atoms with E-state index in [1.165, 1.54) is 32.6 Å². The van der Waals surface area contributed by atoms with Crippen LogP contribution in [0.3, 0.4) is 0 Å². The SMILES string of the molecule is CNC(=O)O.Cc1cc(-c2ccccn2)nc2cc(-c3nn(C4CCCCC4)c4ncnc(N)c34)ccc12. The standard InChI is InChI=1S/C26H25N7.C2H5NO2/c1-16-13-22(20-9-5-6-12-28-20)31-21-14-17(10-11-19(16)21)24-23-25(27)29-15-30-26(23)33(32-24)18-7-3-2-4-8-18;1-3-2(4)5/h5-6,9-15,18H,2-4,7-8H2,1H3,(H2,27,29,30);3H,1H3,(H,4,5). The summed E-state index contributed by atoms with van der Waals surface area (Å²) < 4.78 is 2.08. The highest BCUT2D eigenvalue weighted by Gasteiger charge is 2.24. The van der Waals surface area contributed by atoms with Crippen molar-refractivity contribution >= 4 is 33.8 Å². The van der Waals surface area contributed by atoms with Gasteiger partial charge in [0.1, 0.15) is 17.8 Å². The molecule has 1 saturated carbocycles. The first-order valence-electron chi connectivity index (χ1n) is 12.7. The Morgan fingerprint density at radius 2 is 1.84 bits per heavy atom. The molecule has 1 aliphatic rings. The zero-order valence-electron chi connectivity index (χ0n) is 21.4. The number of nitrogens with one attached hydrogen (secondary N) is 1. The molecular weight excluding hydrogens is 480 g/mol. The number of aryl methyl sites for hydroxylation is 1. The average Bonchev–Trinajstić information content (AvgIpc) is 3.35. The molecule has 0 bridgehead atoms. The Kier molecular flexibility index (Phi) is 7.12. The number of hydrogen-bond donors (Lipinski definition) is 3. The van der Waals surface area contributed by atoms with Crippen molar-refractivity contribution in [3.63, 3.8) is 0 Å². The normalized spacial score (nSPS) is 13.7. The number of amides is 1. The van der Waals surface area contributed by atoms with Crippen molar-refractivity contribution in [2.24, 2.45) is 0 Å². The molecule has 194 valence electrons. The molecule has 4 aromatic heterocycles. The van der Waals surface area contributed by atoms with Crippen molar-refractivity contribution in [2.75, 3.05) is 12.8 Å². The van der Waals surface area contributed by atoms with Crippen molar-refractivity contribution in [1.29, 1.82) is 0 Å². The molecule has 0 spiro atoms. The summed E-state index contributed by atoms with van der Waals surface area (Å²) in [7, 11) is 1.35. The summed E-state index contributed by atoms with van der Waals surface area (Å²) in [5.74, 6) is 0.462. The number of nitrogens with zero attached hydrogens (tertiary/aromatic N) is 6. The minimum Gasteiger partial charge on any atom is -0.465 e. The van der Waals surface area contributed by atoms with Crippen molar-refractivity contribution in [2.45, 2.75) is 45.1 Å². The summed E-state index contributed by atoms with van der Waals surface area (Å²) >= 11 is 0. The smallest absolute Gasteiger partial charge is 0.404 e. The zero-order valence-corrected chi connectivity index (χ0v) is 21.4. The summed E-state index contributed by atoms with van der Waals surface area (Å²) in [6.07, 6.45) is 8.29. The molecule has 1 aliphatic carbocycles. The highest BCUT2D eigenvalue weighted by atomic mass is 16.4. The van der Waals surface area contributed by atoms with Gasteiger partial charge >= 0.3 is 6.09 Å². The van der Waals surface area contributed by atoms with Crippen LogP contribution in [0, 0.1) is 6.92 Å². The number of pyridine rings is 2. The molecule has 4 N–H and O–H groups in total. The van der Waals surface area contributed by atoms with Gasteiger partial charge in [0.2, 0.25) is 0 Å². The lowest BCUT2D eigenvalue weighted by atomic mass is 9.96. The quantitative estimate of drug-likeness (QED) is 0.293. The highest BCUT2D eigenvalue weighted by Crippen LogP contribution is 2.37. The van der Waals surface area contributed by atoms with E-state index in [4.69, 9.17) is 20.9 Å². The lowest BCUT2D eigenvalue weighted by Gasteiger charge is -2.22. The van der Waals surface area contributed by atoms with Gasteiger partial charge in [-0.1, -0.05) is 37.5 Å². The van der Waals surface area contributed by atoms with E-state index in [-0.39, 0.29) is 0 Å². The molecule has 10 heteroatoms. The van der Waals surface area contributed by atoms with Crippen molar-refractivity contribution in [1.82, 2.24) is 35.0 Å². The fraction of sp³-hybridized carbons (Fsp3) is 0.286. The van der Waals surface area contributed by atoms with E-state index in [1.807, 2.05) is 23.5 Å². The Hall–Kier alpha value is -4.60. The van der Waals surface area contributed by atoms with E-state index in [9.17, 15) is 4.79 Å². The Bertz CT molecular complexity index is 1590. The highest BCUT2D eigenvalue weighted by molar-refractivity contribution is 6.00. The maximum absolute atomic E-state index is 9.26. The van der Waals surface area contributed by atoms with Crippen LogP contribution >= 0.6 is 0 Å². The zero-order chi connectivity index (χ0) is 26.6. The molecule has 1 amide bonds. The van der Waals surface area contributed by atoms with Gasteiger partial charge in [0, 0.05) is 24.2 Å². The number of hydrogen-bond acceptors (Lipinski definition) is 7. The van der Waals surface area contributed by atoms with E-state index in [0.29, 0.717) is 11.9 Å². The molecule has 1 fully saturated rings. The number of rotatable bonds is 3. The number of aromatic nitrogens is 6. The summed E-state index contributed by atoms with van der Waals surface area (Å²) in [4.78, 5) is 27.5. The van der Waals surface area contributed by atoms with E-state index < -0.39 is 6.09 Å². The van der Waals surface area contributed by atoms with Gasteiger partial charge in [-0.3, -0.25) is 4.98 Å². The molecule has 38 heavy (non-hydrogen) atoms. The maximum Gasteiger partial charge on any atom is 0.404 e. The first-order chi connectivity index (χ1) is 18.5. The minimum atomic E-state index is -0.995. The van der Waals surface area contributed by atoms with Crippen LogP contribution in [0.5, 0.6) is 0 Å². The Balaban J connectivity index is 0.000000540. The molecular formula is C28H30N8O2. The Morgan fingerprint density at radius 1 is 1.05 bits per heavy atom. The number of carbonyl (C=O) groups is 1. The van der Waals surface area contributed by atoms with Gasteiger partial charge in [0.05, 0.1) is 28.3 Å². The Labute approximate surface area is 220 Å². The second-order valence-corrected chi connectivity index (χ2v) is 9.37. The number of nitrogens with two attached hydrogens (primary N) is 1. The number of anilines is 1. The molecule has 10 nitrogen and oxygen atoms in total. The largest absolute Gasteiger partial charge is 0.465 e. The number of nitrogen functional groups attached to an aromatic ring is 1. The molecule has 6 rings (SSSR count). The third-order valence-corrected chi connectivity index (χ3v) is 6.87. The number of benzene rings is 1. The number of carboxylic acid groups (broad SMARTS) is 1. The van der Waals surface area contributed by atoms with E-state index in [2.05, 4.69) is 50.8 Å². The van der Waals surface area contributed by atoms with Crippen molar-refractivity contribution in [3.8, 4) is 22.6 Å². The molecule has 5 aromatic rings. The third kappa shape index (κ3) is 4.97. The topological polar surface area (TPSA) is 145 Å². The van der Waals surface area contributed by atoms with Gasteiger partial charge in [0.15, 0.2) is 5.65 Å². The minimum absolute atomic E-state index is 0.348. The molecule has 0 unspecified atom stereocenters. The lowest BCUT2D eigenvalue weighted by molar-refractivity contribution is 0.197. The first kappa shape index (κ1) is 25.1. The Morgan fingerprint density at radius 3 is 2.55 bits per heavy atom. The molecule has 0 aliphatic heterocycles. The first-order valence-corrected chi connectivity index (χ1v) is 12.7. The fourth-order valence-corrected chi connectivity index (χ4v) is 4.97. The van der Waals surface area contributed by atoms with Crippen LogP contribution in [-0.2, 0) is 0 Å². The van der Waals surface area contributed by atoms with Gasteiger partial charge in [0.25, 0.3) is 0 Å².